The topological polar surface area (TPSA) is 81.4 Å². The van der Waals surface area contributed by atoms with Crippen LogP contribution >= 0.6 is 23.4 Å². The molecular weight excluding hydrogens is 482 g/mol. The fraction of sp³-hybridized carbons (Fsp3) is 0.308. The Balaban J connectivity index is 1.38. The minimum absolute atomic E-state index is 0.193. The highest BCUT2D eigenvalue weighted by Crippen LogP contribution is 2.35. The van der Waals surface area contributed by atoms with Crippen LogP contribution in [-0.2, 0) is 4.79 Å². The van der Waals surface area contributed by atoms with Gasteiger partial charge in [-0.1, -0.05) is 60.8 Å². The van der Waals surface area contributed by atoms with Gasteiger partial charge in [0.15, 0.2) is 11.0 Å². The Labute approximate surface area is 214 Å². The van der Waals surface area contributed by atoms with Crippen LogP contribution in [0.5, 0.6) is 5.75 Å². The van der Waals surface area contributed by atoms with Crippen LogP contribution in [0.3, 0.4) is 0 Å². The van der Waals surface area contributed by atoms with E-state index in [1.54, 1.807) is 13.2 Å². The first-order chi connectivity index (χ1) is 17.2. The van der Waals surface area contributed by atoms with Crippen LogP contribution in [0.4, 0.5) is 0 Å². The second-order valence-electron chi connectivity index (χ2n) is 8.18. The van der Waals surface area contributed by atoms with Crippen molar-refractivity contribution in [2.75, 3.05) is 12.9 Å². The molecule has 1 heterocycles. The number of rotatable bonds is 9. The molecule has 0 spiro atoms. The summed E-state index contributed by atoms with van der Waals surface area (Å²) in [6, 6.07) is 15.6. The molecule has 9 heteroatoms. The molecule has 0 atom stereocenters. The summed E-state index contributed by atoms with van der Waals surface area (Å²) in [5.41, 5.74) is 4.47. The normalized spacial score (nSPS) is 14.6. The van der Waals surface area contributed by atoms with Gasteiger partial charge in [0.1, 0.15) is 5.75 Å². The van der Waals surface area contributed by atoms with Crippen molar-refractivity contribution in [1.82, 2.24) is 20.2 Å². The first-order valence-electron chi connectivity index (χ1n) is 11.6. The van der Waals surface area contributed by atoms with Gasteiger partial charge in [0.25, 0.3) is 5.91 Å². The molecule has 1 N–H and O–H groups in total. The van der Waals surface area contributed by atoms with Crippen molar-refractivity contribution >= 4 is 41.6 Å². The highest BCUT2D eigenvalue weighted by atomic mass is 35.5. The minimum Gasteiger partial charge on any atom is -0.496 e. The maximum absolute atomic E-state index is 12.4. The third kappa shape index (κ3) is 6.74. The number of amides is 1. The van der Waals surface area contributed by atoms with Crippen molar-refractivity contribution in [2.45, 2.75) is 43.3 Å². The number of nitrogens with one attached hydrogen (secondary N) is 1. The fourth-order valence-electron chi connectivity index (χ4n) is 4.11. The van der Waals surface area contributed by atoms with Gasteiger partial charge in [-0.05, 0) is 55.3 Å². The van der Waals surface area contributed by atoms with Gasteiger partial charge in [-0.2, -0.15) is 5.10 Å². The lowest BCUT2D eigenvalue weighted by Gasteiger charge is -2.25. The summed E-state index contributed by atoms with van der Waals surface area (Å²) < 4.78 is 7.51. The lowest BCUT2D eigenvalue weighted by atomic mass is 9.95. The zero-order valence-corrected chi connectivity index (χ0v) is 21.1. The van der Waals surface area contributed by atoms with Crippen molar-refractivity contribution in [1.29, 1.82) is 0 Å². The molecule has 2 aromatic carbocycles. The summed E-state index contributed by atoms with van der Waals surface area (Å²) in [5, 5.41) is 14.3. The van der Waals surface area contributed by atoms with Gasteiger partial charge in [0, 0.05) is 28.4 Å². The van der Waals surface area contributed by atoms with Gasteiger partial charge in [0.2, 0.25) is 0 Å². The number of ether oxygens (including phenoxy) is 1. The number of hydrogen-bond donors (Lipinski definition) is 1. The molecule has 0 radical (unpaired) electrons. The number of para-hydroxylation sites is 1. The molecule has 182 valence electrons. The van der Waals surface area contributed by atoms with Crippen molar-refractivity contribution in [2.24, 2.45) is 5.10 Å². The molecule has 0 aliphatic heterocycles. The Kier molecular flexibility index (Phi) is 8.97. The summed E-state index contributed by atoms with van der Waals surface area (Å²) in [5.74, 6) is 1.58. The second-order valence-corrected chi connectivity index (χ2v) is 9.56. The predicted octanol–water partition coefficient (Wildman–Crippen LogP) is 6.02. The smallest absolute Gasteiger partial charge is 0.250 e. The molecule has 1 aliphatic rings. The van der Waals surface area contributed by atoms with Gasteiger partial charge >= 0.3 is 0 Å². The first kappa shape index (κ1) is 25.0. The number of thioether (sulfide) groups is 1. The molecule has 1 amide bonds. The Morgan fingerprint density at radius 1 is 1.17 bits per heavy atom. The molecule has 0 bridgehead atoms. The third-order valence-electron chi connectivity index (χ3n) is 5.80. The molecule has 1 fully saturated rings. The quantitative estimate of drug-likeness (QED) is 0.217. The van der Waals surface area contributed by atoms with E-state index in [0.717, 1.165) is 40.7 Å². The third-order valence-corrected chi connectivity index (χ3v) is 7.00. The summed E-state index contributed by atoms with van der Waals surface area (Å²) in [7, 11) is 1.63. The molecule has 1 saturated carbocycles. The molecule has 3 aromatic rings. The molecule has 1 aromatic heterocycles. The van der Waals surface area contributed by atoms with Gasteiger partial charge in [0.05, 0.1) is 12.9 Å². The van der Waals surface area contributed by atoms with Crippen LogP contribution in [0.1, 0.15) is 43.7 Å². The highest BCUT2D eigenvalue weighted by molar-refractivity contribution is 7.99. The Bertz CT molecular complexity index is 1190. The number of nitrogens with zero attached hydrogens (tertiary/aromatic N) is 4. The van der Waals surface area contributed by atoms with E-state index in [4.69, 9.17) is 16.3 Å². The average molecular weight is 510 g/mol. The number of hydrogen-bond acceptors (Lipinski definition) is 6. The number of hydrazone groups is 1. The number of benzene rings is 2. The summed E-state index contributed by atoms with van der Waals surface area (Å²) in [4.78, 5) is 12.4. The molecule has 0 unspecified atom stereocenters. The number of halogens is 1. The number of carbonyl (C=O) groups excluding carboxylic acids is 1. The minimum atomic E-state index is -0.205. The van der Waals surface area contributed by atoms with E-state index < -0.39 is 0 Å². The van der Waals surface area contributed by atoms with Crippen LogP contribution in [0.2, 0.25) is 5.02 Å². The monoisotopic (exact) mass is 509 g/mol. The number of carbonyl (C=O) groups is 1. The summed E-state index contributed by atoms with van der Waals surface area (Å²) >= 11 is 7.45. The Morgan fingerprint density at radius 2 is 1.94 bits per heavy atom. The fourth-order valence-corrected chi connectivity index (χ4v) is 5.03. The van der Waals surface area contributed by atoms with Crippen molar-refractivity contribution in [3.63, 3.8) is 0 Å². The zero-order valence-electron chi connectivity index (χ0n) is 19.6. The maximum atomic E-state index is 12.4. The Morgan fingerprint density at radius 3 is 2.71 bits per heavy atom. The van der Waals surface area contributed by atoms with E-state index in [0.29, 0.717) is 11.1 Å². The molecule has 35 heavy (non-hydrogen) atoms. The standard InChI is InChI=1S/C26H28ClN5O2S/c1-34-23-12-6-5-8-19(23)9-7-17-28-29-24(33)18-35-26-31-30-25(20-13-15-21(27)16-14-20)32(26)22-10-3-2-4-11-22/h5-9,12-17,22H,2-4,10-11,18H2,1H3,(H,29,33)/b9-7-,28-17+. The van der Waals surface area contributed by atoms with Crippen molar-refractivity contribution in [3.05, 3.63) is 65.2 Å². The van der Waals surface area contributed by atoms with Crippen molar-refractivity contribution in [3.8, 4) is 17.1 Å². The molecule has 4 rings (SSSR count). The predicted molar refractivity (Wildman–Crippen MR) is 142 cm³/mol. The largest absolute Gasteiger partial charge is 0.496 e. The highest BCUT2D eigenvalue weighted by Gasteiger charge is 2.24. The number of allylic oxidation sites excluding steroid dienone is 1. The van der Waals surface area contributed by atoms with Crippen LogP contribution in [0.15, 0.2) is 64.9 Å². The van der Waals surface area contributed by atoms with E-state index in [2.05, 4.69) is 25.3 Å². The average Bonchev–Trinajstić information content (AvgIpc) is 3.32. The summed E-state index contributed by atoms with van der Waals surface area (Å²) in [6.45, 7) is 0. The molecule has 7 nitrogen and oxygen atoms in total. The van der Waals surface area contributed by atoms with Gasteiger partial charge in [-0.25, -0.2) is 5.43 Å². The van der Waals surface area contributed by atoms with Crippen molar-refractivity contribution < 1.29 is 9.53 Å². The van der Waals surface area contributed by atoms with Crippen LogP contribution < -0.4 is 10.2 Å². The Hall–Kier alpha value is -3.10. The lowest BCUT2D eigenvalue weighted by molar-refractivity contribution is -0.118. The van der Waals surface area contributed by atoms with E-state index in [9.17, 15) is 4.79 Å². The van der Waals surface area contributed by atoms with Crippen LogP contribution in [-0.4, -0.2) is 39.7 Å². The molecule has 1 aliphatic carbocycles. The number of aromatic nitrogens is 3. The second kappa shape index (κ2) is 12.6. The number of methoxy groups -OCH3 is 1. The zero-order chi connectivity index (χ0) is 24.5. The summed E-state index contributed by atoms with van der Waals surface area (Å²) in [6.07, 6.45) is 11.0. The SMILES string of the molecule is COc1ccccc1/C=C\C=N\NC(=O)CSc1nnc(-c2ccc(Cl)cc2)n1C1CCCCC1. The van der Waals surface area contributed by atoms with Crippen LogP contribution in [0.25, 0.3) is 17.5 Å². The van der Waals surface area contributed by atoms with E-state index in [1.807, 2.05) is 54.6 Å². The van der Waals surface area contributed by atoms with E-state index in [-0.39, 0.29) is 11.7 Å². The maximum Gasteiger partial charge on any atom is 0.250 e. The van der Waals surface area contributed by atoms with E-state index in [1.165, 1.54) is 37.2 Å². The van der Waals surface area contributed by atoms with Gasteiger partial charge in [-0.3, -0.25) is 9.36 Å². The molecular formula is C26H28ClN5O2S. The van der Waals surface area contributed by atoms with Gasteiger partial charge < -0.3 is 4.74 Å². The van der Waals surface area contributed by atoms with Crippen LogP contribution in [0, 0.1) is 0 Å². The van der Waals surface area contributed by atoms with Gasteiger partial charge in [-0.15, -0.1) is 10.2 Å². The molecule has 0 saturated heterocycles. The first-order valence-corrected chi connectivity index (χ1v) is 13.0. The lowest BCUT2D eigenvalue weighted by Crippen LogP contribution is -2.20. The van der Waals surface area contributed by atoms with E-state index >= 15 is 0 Å².